The molecule has 1 amide bonds. The number of carbonyl (C=O) groups is 2. The number of esters is 1. The van der Waals surface area contributed by atoms with Crippen molar-refractivity contribution in [2.45, 2.75) is 26.6 Å². The summed E-state index contributed by atoms with van der Waals surface area (Å²) in [4.78, 5) is 37.0. The zero-order valence-corrected chi connectivity index (χ0v) is 17.2. The third-order valence-electron chi connectivity index (χ3n) is 3.66. The molecule has 10 heteroatoms. The molecule has 0 bridgehead atoms. The zero-order valence-electron chi connectivity index (χ0n) is 15.6. The molecule has 150 valence electrons. The molecule has 1 unspecified atom stereocenters. The van der Waals surface area contributed by atoms with E-state index in [0.29, 0.717) is 26.4 Å². The van der Waals surface area contributed by atoms with Crippen LogP contribution in [0.2, 0.25) is 5.02 Å². The van der Waals surface area contributed by atoms with Gasteiger partial charge < -0.3 is 9.47 Å². The van der Waals surface area contributed by atoms with Crippen molar-refractivity contribution in [2.24, 2.45) is 0 Å². The molecule has 2 heterocycles. The number of hydrogen-bond acceptors (Lipinski definition) is 8. The summed E-state index contributed by atoms with van der Waals surface area (Å²) in [5, 5.41) is 3.71. The Bertz CT molecular complexity index is 995. The van der Waals surface area contributed by atoms with Gasteiger partial charge in [-0.15, -0.1) is 11.3 Å². The predicted molar refractivity (Wildman–Crippen MR) is 108 cm³/mol. The van der Waals surface area contributed by atoms with Crippen molar-refractivity contribution in [3.8, 4) is 5.75 Å². The van der Waals surface area contributed by atoms with Crippen molar-refractivity contribution in [2.75, 3.05) is 5.32 Å². The van der Waals surface area contributed by atoms with Gasteiger partial charge in [0.15, 0.2) is 6.10 Å². The van der Waals surface area contributed by atoms with Gasteiger partial charge in [0.25, 0.3) is 5.91 Å². The first-order valence-corrected chi connectivity index (χ1v) is 9.75. The Labute approximate surface area is 175 Å². The van der Waals surface area contributed by atoms with Gasteiger partial charge in [0, 0.05) is 17.4 Å². The molecular weight excluding hydrogens is 416 g/mol. The van der Waals surface area contributed by atoms with Gasteiger partial charge in [-0.05, 0) is 44.2 Å². The molecule has 29 heavy (non-hydrogen) atoms. The third-order valence-corrected chi connectivity index (χ3v) is 5.02. The van der Waals surface area contributed by atoms with Crippen LogP contribution in [-0.2, 0) is 16.1 Å². The van der Waals surface area contributed by atoms with E-state index in [2.05, 4.69) is 20.3 Å². The average molecular weight is 433 g/mol. The number of nitrogens with one attached hydrogen (secondary N) is 1. The second-order valence-electron chi connectivity index (χ2n) is 5.87. The first-order chi connectivity index (χ1) is 13.9. The maximum atomic E-state index is 12.4. The van der Waals surface area contributed by atoms with Crippen LogP contribution >= 0.6 is 22.9 Å². The molecule has 0 aliphatic carbocycles. The van der Waals surface area contributed by atoms with Gasteiger partial charge in [-0.3, -0.25) is 10.1 Å². The Morgan fingerprint density at radius 2 is 1.90 bits per heavy atom. The number of hydrogen-bond donors (Lipinski definition) is 1. The van der Waals surface area contributed by atoms with Gasteiger partial charge >= 0.3 is 5.97 Å². The van der Waals surface area contributed by atoms with Crippen LogP contribution in [0.4, 0.5) is 5.95 Å². The van der Waals surface area contributed by atoms with E-state index in [1.54, 1.807) is 37.3 Å². The zero-order chi connectivity index (χ0) is 20.8. The van der Waals surface area contributed by atoms with Gasteiger partial charge in [-0.2, -0.15) is 0 Å². The van der Waals surface area contributed by atoms with Crippen LogP contribution in [0, 0.1) is 6.92 Å². The lowest BCUT2D eigenvalue weighted by atomic mass is 10.3. The number of anilines is 1. The number of rotatable bonds is 7. The number of nitrogens with zero attached hydrogens (tertiary/aromatic N) is 3. The van der Waals surface area contributed by atoms with Crippen LogP contribution in [0.5, 0.6) is 5.75 Å². The maximum Gasteiger partial charge on any atom is 0.351 e. The SMILES string of the molecule is Cc1nc(COc2ccc(Cl)cc2)sc1C(=O)OC(C)C(=O)Nc1ncccn1. The van der Waals surface area contributed by atoms with E-state index in [-0.39, 0.29) is 12.6 Å². The molecule has 3 rings (SSSR count). The van der Waals surface area contributed by atoms with Crippen molar-refractivity contribution in [1.29, 1.82) is 0 Å². The van der Waals surface area contributed by atoms with Gasteiger partial charge in [0.05, 0.1) is 5.69 Å². The van der Waals surface area contributed by atoms with E-state index in [9.17, 15) is 9.59 Å². The summed E-state index contributed by atoms with van der Waals surface area (Å²) < 4.78 is 10.9. The summed E-state index contributed by atoms with van der Waals surface area (Å²) in [5.74, 6) is -0.386. The number of halogens is 1. The van der Waals surface area contributed by atoms with Crippen LogP contribution in [0.15, 0.2) is 42.7 Å². The van der Waals surface area contributed by atoms with Crippen molar-refractivity contribution >= 4 is 40.8 Å². The topological polar surface area (TPSA) is 103 Å². The summed E-state index contributed by atoms with van der Waals surface area (Å²) >= 11 is 7.00. The van der Waals surface area contributed by atoms with Crippen LogP contribution in [0.3, 0.4) is 0 Å². The Morgan fingerprint density at radius 3 is 2.59 bits per heavy atom. The number of aromatic nitrogens is 3. The molecule has 0 aliphatic heterocycles. The number of benzene rings is 1. The minimum Gasteiger partial charge on any atom is -0.486 e. The van der Waals surface area contributed by atoms with E-state index in [4.69, 9.17) is 21.1 Å². The Kier molecular flexibility index (Phi) is 6.73. The quantitative estimate of drug-likeness (QED) is 0.568. The van der Waals surface area contributed by atoms with Crippen LogP contribution in [-0.4, -0.2) is 32.9 Å². The van der Waals surface area contributed by atoms with Crippen molar-refractivity contribution in [3.63, 3.8) is 0 Å². The third kappa shape index (κ3) is 5.72. The highest BCUT2D eigenvalue weighted by molar-refractivity contribution is 7.13. The number of carbonyl (C=O) groups excluding carboxylic acids is 2. The lowest BCUT2D eigenvalue weighted by Crippen LogP contribution is -2.30. The second-order valence-corrected chi connectivity index (χ2v) is 7.39. The molecule has 0 fully saturated rings. The van der Waals surface area contributed by atoms with Crippen LogP contribution in [0.25, 0.3) is 0 Å². The molecule has 1 N–H and O–H groups in total. The molecular formula is C19H17ClN4O4S. The monoisotopic (exact) mass is 432 g/mol. The predicted octanol–water partition coefficient (Wildman–Crippen LogP) is 3.66. The fraction of sp³-hybridized carbons (Fsp3) is 0.211. The van der Waals surface area contributed by atoms with E-state index < -0.39 is 18.0 Å². The fourth-order valence-corrected chi connectivity index (χ4v) is 3.21. The molecule has 2 aromatic heterocycles. The summed E-state index contributed by atoms with van der Waals surface area (Å²) in [6, 6.07) is 8.56. The molecule has 0 saturated heterocycles. The van der Waals surface area contributed by atoms with Crippen LogP contribution in [0.1, 0.15) is 27.3 Å². The lowest BCUT2D eigenvalue weighted by molar-refractivity contribution is -0.123. The van der Waals surface area contributed by atoms with Gasteiger partial charge in [-0.25, -0.2) is 19.7 Å². The molecule has 0 spiro atoms. The van der Waals surface area contributed by atoms with Crippen molar-refractivity contribution < 1.29 is 19.1 Å². The number of thiazole rings is 1. The molecule has 0 radical (unpaired) electrons. The first-order valence-electron chi connectivity index (χ1n) is 8.56. The van der Waals surface area contributed by atoms with Crippen LogP contribution < -0.4 is 10.1 Å². The highest BCUT2D eigenvalue weighted by atomic mass is 35.5. The molecule has 0 saturated carbocycles. The average Bonchev–Trinajstić information content (AvgIpc) is 3.09. The normalized spacial score (nSPS) is 11.6. The van der Waals surface area contributed by atoms with E-state index in [1.165, 1.54) is 19.3 Å². The highest BCUT2D eigenvalue weighted by Crippen LogP contribution is 2.22. The van der Waals surface area contributed by atoms with Gasteiger partial charge in [0.2, 0.25) is 5.95 Å². The van der Waals surface area contributed by atoms with E-state index >= 15 is 0 Å². The van der Waals surface area contributed by atoms with Crippen molar-refractivity contribution in [1.82, 2.24) is 15.0 Å². The largest absolute Gasteiger partial charge is 0.486 e. The minimum atomic E-state index is -1.03. The molecule has 1 aromatic carbocycles. The standard InChI is InChI=1S/C19H17ClN4O4S/c1-11-16(29-15(23-11)10-27-14-6-4-13(20)5-7-14)18(26)28-12(2)17(25)24-19-21-8-3-9-22-19/h3-9,12H,10H2,1-2H3,(H,21,22,24,25). The number of amides is 1. The van der Waals surface area contributed by atoms with Crippen molar-refractivity contribution in [3.05, 3.63) is 63.3 Å². The molecule has 1 atom stereocenters. The summed E-state index contributed by atoms with van der Waals surface area (Å²) in [6.45, 7) is 3.36. The number of ether oxygens (including phenoxy) is 2. The maximum absolute atomic E-state index is 12.4. The molecule has 8 nitrogen and oxygen atoms in total. The van der Waals surface area contributed by atoms with E-state index in [0.717, 1.165) is 11.3 Å². The summed E-state index contributed by atoms with van der Waals surface area (Å²) in [7, 11) is 0. The number of aryl methyl sites for hydroxylation is 1. The Morgan fingerprint density at radius 1 is 1.21 bits per heavy atom. The Hall–Kier alpha value is -3.04. The summed E-state index contributed by atoms with van der Waals surface area (Å²) in [6.07, 6.45) is 1.96. The smallest absolute Gasteiger partial charge is 0.351 e. The molecule has 3 aromatic rings. The molecule has 0 aliphatic rings. The fourth-order valence-electron chi connectivity index (χ4n) is 2.22. The Balaban J connectivity index is 1.57. The van der Waals surface area contributed by atoms with E-state index in [1.807, 2.05) is 0 Å². The van der Waals surface area contributed by atoms with Gasteiger partial charge in [0.1, 0.15) is 22.2 Å². The highest BCUT2D eigenvalue weighted by Gasteiger charge is 2.23. The van der Waals surface area contributed by atoms with Gasteiger partial charge in [-0.1, -0.05) is 11.6 Å². The lowest BCUT2D eigenvalue weighted by Gasteiger charge is -2.12. The minimum absolute atomic E-state index is 0.135. The first kappa shape index (κ1) is 20.7. The summed E-state index contributed by atoms with van der Waals surface area (Å²) in [5.41, 5.74) is 0.508. The second kappa shape index (κ2) is 9.44.